The Morgan fingerprint density at radius 1 is 0.733 bits per heavy atom. The minimum absolute atomic E-state index is 0.732. The summed E-state index contributed by atoms with van der Waals surface area (Å²) in [6.07, 6.45) is 7.85. The van der Waals surface area contributed by atoms with Crippen molar-refractivity contribution in [3.63, 3.8) is 0 Å². The van der Waals surface area contributed by atoms with Gasteiger partial charge in [0.1, 0.15) is 0 Å². The summed E-state index contributed by atoms with van der Waals surface area (Å²) in [6, 6.07) is 21.0. The molecule has 30 heavy (non-hydrogen) atoms. The fraction of sp³-hybridized carbons (Fsp3) is 0.286. The average Bonchev–Trinajstić information content (AvgIpc) is 3.23. The van der Waals surface area contributed by atoms with E-state index in [2.05, 4.69) is 70.9 Å². The third kappa shape index (κ3) is 2.01. The normalized spacial score (nSPS) is 23.6. The van der Waals surface area contributed by atoms with Crippen molar-refractivity contribution in [1.29, 1.82) is 0 Å². The smallest absolute Gasteiger partial charge is 0.0552 e. The summed E-state index contributed by atoms with van der Waals surface area (Å²) < 4.78 is 2.51. The Hall–Kier alpha value is -2.45. The van der Waals surface area contributed by atoms with Crippen LogP contribution in [0.2, 0.25) is 0 Å². The number of benzene rings is 3. The Labute approximate surface area is 180 Å². The van der Waals surface area contributed by atoms with Gasteiger partial charge >= 0.3 is 0 Å². The molecule has 2 atom stereocenters. The van der Waals surface area contributed by atoms with Crippen LogP contribution in [0.5, 0.6) is 0 Å². The van der Waals surface area contributed by atoms with Crippen LogP contribution in [-0.2, 0) is 12.8 Å². The standard InChI is InChI=1S/C28H23NS/c1-2-4-20(5-3-1)29-25-12-18-8-6-16(18)10-21(25)22-14-24-23-11-17-7-9-19(17)13-27(23)30-28(24)15-26(22)29/h1-5,10,12,14-15,23,27H,6-9,11,13H2. The van der Waals surface area contributed by atoms with Crippen LogP contribution in [0.15, 0.2) is 70.6 Å². The lowest BCUT2D eigenvalue weighted by Gasteiger charge is -2.35. The van der Waals surface area contributed by atoms with Gasteiger partial charge in [0.05, 0.1) is 11.0 Å². The second-order valence-corrected chi connectivity index (χ2v) is 10.9. The van der Waals surface area contributed by atoms with E-state index in [9.17, 15) is 0 Å². The molecule has 0 N–H and O–H groups in total. The molecule has 0 spiro atoms. The average molecular weight is 406 g/mol. The van der Waals surface area contributed by atoms with Crippen molar-refractivity contribution in [2.45, 2.75) is 54.6 Å². The number of aromatic nitrogens is 1. The zero-order chi connectivity index (χ0) is 19.4. The molecule has 0 fully saturated rings. The predicted molar refractivity (Wildman–Crippen MR) is 126 cm³/mol. The van der Waals surface area contributed by atoms with Gasteiger partial charge in [-0.3, -0.25) is 0 Å². The Balaban J connectivity index is 1.42. The monoisotopic (exact) mass is 405 g/mol. The molecule has 0 saturated carbocycles. The second kappa shape index (κ2) is 5.62. The first-order valence-corrected chi connectivity index (χ1v) is 12.3. The first kappa shape index (κ1) is 16.3. The number of hydrogen-bond acceptors (Lipinski definition) is 1. The van der Waals surface area contributed by atoms with E-state index in [1.54, 1.807) is 27.8 Å². The van der Waals surface area contributed by atoms with Crippen LogP contribution >= 0.6 is 11.8 Å². The van der Waals surface area contributed by atoms with Crippen LogP contribution in [-0.4, -0.2) is 9.82 Å². The van der Waals surface area contributed by atoms with E-state index in [1.165, 1.54) is 70.9 Å². The summed E-state index contributed by atoms with van der Waals surface area (Å²) in [6.45, 7) is 0. The Kier molecular flexibility index (Phi) is 3.05. The van der Waals surface area contributed by atoms with E-state index in [4.69, 9.17) is 0 Å². The summed E-state index contributed by atoms with van der Waals surface area (Å²) in [7, 11) is 0. The maximum Gasteiger partial charge on any atom is 0.0552 e. The highest BCUT2D eigenvalue weighted by atomic mass is 32.2. The van der Waals surface area contributed by atoms with Crippen molar-refractivity contribution in [3.05, 3.63) is 82.4 Å². The molecule has 3 aliphatic carbocycles. The molecule has 0 radical (unpaired) electrons. The van der Waals surface area contributed by atoms with Crippen LogP contribution in [0.3, 0.4) is 0 Å². The Bertz CT molecular complexity index is 1420. The van der Waals surface area contributed by atoms with E-state index in [-0.39, 0.29) is 0 Å². The van der Waals surface area contributed by atoms with Gasteiger partial charge in [-0.15, -0.1) is 11.8 Å². The first-order chi connectivity index (χ1) is 14.8. The summed E-state index contributed by atoms with van der Waals surface area (Å²) in [5.41, 5.74) is 12.4. The van der Waals surface area contributed by atoms with Crippen molar-refractivity contribution >= 4 is 33.6 Å². The zero-order valence-electron chi connectivity index (χ0n) is 16.9. The lowest BCUT2D eigenvalue weighted by Crippen LogP contribution is -2.23. The predicted octanol–water partition coefficient (Wildman–Crippen LogP) is 7.32. The molecule has 1 nitrogen and oxygen atoms in total. The number of aryl methyl sites for hydroxylation is 2. The molecule has 2 heterocycles. The largest absolute Gasteiger partial charge is 0.309 e. The number of hydrogen-bond donors (Lipinski definition) is 0. The van der Waals surface area contributed by atoms with Gasteiger partial charge < -0.3 is 4.57 Å². The van der Waals surface area contributed by atoms with Crippen LogP contribution in [0, 0.1) is 0 Å². The molecule has 1 aromatic heterocycles. The number of allylic oxidation sites excluding steroid dienone is 2. The highest BCUT2D eigenvalue weighted by molar-refractivity contribution is 8.00. The van der Waals surface area contributed by atoms with Crippen molar-refractivity contribution in [2.24, 2.45) is 0 Å². The fourth-order valence-corrected chi connectivity index (χ4v) is 7.89. The van der Waals surface area contributed by atoms with Crippen molar-refractivity contribution in [3.8, 4) is 5.69 Å². The molecule has 2 unspecified atom stereocenters. The Morgan fingerprint density at radius 2 is 1.47 bits per heavy atom. The maximum atomic E-state index is 2.58. The molecule has 3 aromatic carbocycles. The summed E-state index contributed by atoms with van der Waals surface area (Å²) >= 11 is 2.16. The number of rotatable bonds is 1. The second-order valence-electron chi connectivity index (χ2n) is 9.59. The van der Waals surface area contributed by atoms with Crippen molar-refractivity contribution < 1.29 is 0 Å². The van der Waals surface area contributed by atoms with Gasteiger partial charge in [0.2, 0.25) is 0 Å². The summed E-state index contributed by atoms with van der Waals surface area (Å²) in [5, 5.41) is 3.67. The van der Waals surface area contributed by atoms with E-state index in [1.807, 2.05) is 0 Å². The molecular formula is C28H23NS. The Morgan fingerprint density at radius 3 is 2.27 bits per heavy atom. The van der Waals surface area contributed by atoms with E-state index in [0.29, 0.717) is 0 Å². The maximum absolute atomic E-state index is 2.58. The van der Waals surface area contributed by atoms with E-state index >= 15 is 0 Å². The van der Waals surface area contributed by atoms with Gasteiger partial charge in [0.25, 0.3) is 0 Å². The third-order valence-electron chi connectivity index (χ3n) is 8.17. The summed E-state index contributed by atoms with van der Waals surface area (Å²) in [4.78, 5) is 1.54. The van der Waals surface area contributed by atoms with Gasteiger partial charge in [-0.25, -0.2) is 0 Å². The minimum atomic E-state index is 0.732. The van der Waals surface area contributed by atoms with E-state index < -0.39 is 0 Å². The number of thioether (sulfide) groups is 1. The SMILES string of the molecule is c1ccc(-n2c3cc4c(cc3c3cc5c(cc32)SC2CC3=C(CC3)CC52)CC4)cc1. The van der Waals surface area contributed by atoms with Crippen LogP contribution in [0.1, 0.15) is 48.3 Å². The topological polar surface area (TPSA) is 4.93 Å². The quantitative estimate of drug-likeness (QED) is 0.300. The summed E-state index contributed by atoms with van der Waals surface area (Å²) in [5.74, 6) is 0.732. The molecule has 4 aliphatic rings. The molecule has 8 rings (SSSR count). The highest BCUT2D eigenvalue weighted by Gasteiger charge is 2.40. The van der Waals surface area contributed by atoms with Gasteiger partial charge in [-0.05, 0) is 91.6 Å². The molecule has 0 saturated heterocycles. The van der Waals surface area contributed by atoms with Crippen LogP contribution < -0.4 is 0 Å². The molecular weight excluding hydrogens is 382 g/mol. The molecule has 146 valence electrons. The lowest BCUT2D eigenvalue weighted by molar-refractivity contribution is 0.528. The van der Waals surface area contributed by atoms with Crippen LogP contribution in [0.25, 0.3) is 27.5 Å². The number of para-hydroxylation sites is 1. The number of nitrogens with zero attached hydrogens (tertiary/aromatic N) is 1. The molecule has 2 heteroatoms. The van der Waals surface area contributed by atoms with Crippen LogP contribution in [0.4, 0.5) is 0 Å². The van der Waals surface area contributed by atoms with Gasteiger partial charge in [0.15, 0.2) is 0 Å². The molecule has 4 aromatic rings. The van der Waals surface area contributed by atoms with Crippen molar-refractivity contribution in [2.75, 3.05) is 0 Å². The third-order valence-corrected chi connectivity index (χ3v) is 9.57. The fourth-order valence-electron chi connectivity index (χ4n) is 6.35. The lowest BCUT2D eigenvalue weighted by atomic mass is 9.72. The highest BCUT2D eigenvalue weighted by Crippen LogP contribution is 2.57. The first-order valence-electron chi connectivity index (χ1n) is 11.4. The zero-order valence-corrected chi connectivity index (χ0v) is 17.8. The molecule has 0 amide bonds. The number of fused-ring (bicyclic) bond motifs is 7. The molecule has 1 aliphatic heterocycles. The van der Waals surface area contributed by atoms with Gasteiger partial charge in [-0.2, -0.15) is 0 Å². The van der Waals surface area contributed by atoms with Gasteiger partial charge in [0, 0.05) is 32.5 Å². The van der Waals surface area contributed by atoms with Crippen molar-refractivity contribution in [1.82, 2.24) is 4.57 Å². The van der Waals surface area contributed by atoms with Gasteiger partial charge in [-0.1, -0.05) is 29.3 Å². The van der Waals surface area contributed by atoms with E-state index in [0.717, 1.165) is 11.2 Å². The minimum Gasteiger partial charge on any atom is -0.309 e. The molecule has 0 bridgehead atoms.